The van der Waals surface area contributed by atoms with Crippen molar-refractivity contribution in [3.63, 3.8) is 0 Å². The van der Waals surface area contributed by atoms with Crippen molar-refractivity contribution in [3.8, 4) is 0 Å². The molecule has 0 heterocycles. The predicted octanol–water partition coefficient (Wildman–Crippen LogP) is 7.37. The van der Waals surface area contributed by atoms with Crippen molar-refractivity contribution in [2.24, 2.45) is 0 Å². The van der Waals surface area contributed by atoms with E-state index in [0.29, 0.717) is 19.4 Å². The highest BCUT2D eigenvalue weighted by molar-refractivity contribution is 5.69. The third-order valence-corrected chi connectivity index (χ3v) is 6.18. The van der Waals surface area contributed by atoms with Gasteiger partial charge in [0.25, 0.3) is 0 Å². The number of ether oxygens (including phenoxy) is 1. The van der Waals surface area contributed by atoms with E-state index >= 15 is 0 Å². The van der Waals surface area contributed by atoms with Crippen LogP contribution in [0.3, 0.4) is 0 Å². The topological polar surface area (TPSA) is 66.8 Å². The Kier molecular flexibility index (Phi) is 23.7. The number of aliphatic carboxylic acids is 1. The summed E-state index contributed by atoms with van der Waals surface area (Å²) in [6.45, 7) is 8.48. The van der Waals surface area contributed by atoms with Gasteiger partial charge in [0.2, 0.25) is 0 Å². The van der Waals surface area contributed by atoms with Crippen LogP contribution >= 0.6 is 0 Å². The molecule has 190 valence electrons. The third-order valence-electron chi connectivity index (χ3n) is 6.18. The van der Waals surface area contributed by atoms with Crippen LogP contribution in [0.4, 0.5) is 0 Å². The maximum Gasteiger partial charge on any atom is 0.305 e. The molecule has 0 bridgehead atoms. The first-order chi connectivity index (χ1) is 15.6. The summed E-state index contributed by atoms with van der Waals surface area (Å²) in [6, 6.07) is 0. The molecule has 0 saturated carbocycles. The van der Waals surface area contributed by atoms with Crippen molar-refractivity contribution in [1.29, 1.82) is 0 Å². The van der Waals surface area contributed by atoms with Gasteiger partial charge >= 0.3 is 11.9 Å². The molecule has 5 heteroatoms. The Balaban J connectivity index is 3.40. The fourth-order valence-corrected chi connectivity index (χ4v) is 4.02. The molecular formula is C27H53NO4. The van der Waals surface area contributed by atoms with Gasteiger partial charge in [-0.3, -0.25) is 9.59 Å². The summed E-state index contributed by atoms with van der Waals surface area (Å²) in [6.07, 6.45) is 20.7. The molecule has 5 nitrogen and oxygen atoms in total. The van der Waals surface area contributed by atoms with Gasteiger partial charge in [0.15, 0.2) is 0 Å². The fraction of sp³-hybridized carbons (Fsp3) is 0.926. The normalized spacial score (nSPS) is 11.2. The van der Waals surface area contributed by atoms with E-state index in [0.717, 1.165) is 58.2 Å². The van der Waals surface area contributed by atoms with Crippen molar-refractivity contribution < 1.29 is 19.4 Å². The van der Waals surface area contributed by atoms with Gasteiger partial charge in [-0.1, -0.05) is 90.9 Å². The van der Waals surface area contributed by atoms with Crippen LogP contribution in [0.1, 0.15) is 136 Å². The number of hydrogen-bond acceptors (Lipinski definition) is 4. The first-order valence-corrected chi connectivity index (χ1v) is 13.7. The lowest BCUT2D eigenvalue weighted by molar-refractivity contribution is -0.144. The monoisotopic (exact) mass is 455 g/mol. The van der Waals surface area contributed by atoms with Crippen LogP contribution in [-0.2, 0) is 14.3 Å². The molecule has 0 aromatic rings. The van der Waals surface area contributed by atoms with Crippen molar-refractivity contribution in [2.75, 3.05) is 26.2 Å². The average Bonchev–Trinajstić information content (AvgIpc) is 2.77. The van der Waals surface area contributed by atoms with Crippen molar-refractivity contribution in [3.05, 3.63) is 0 Å². The molecule has 0 radical (unpaired) electrons. The standard InChI is InChI=1S/C27H53NO4/c1-3-5-6-7-8-15-20-25-32-27(31)22-17-12-10-14-19-24-28(4-2)23-18-13-9-11-16-21-26(29)30/h3-25H2,1-2H3,(H,29,30). The van der Waals surface area contributed by atoms with Gasteiger partial charge in [-0.15, -0.1) is 0 Å². The number of rotatable bonds is 25. The maximum atomic E-state index is 11.8. The van der Waals surface area contributed by atoms with Crippen LogP contribution in [0, 0.1) is 0 Å². The molecule has 0 aromatic heterocycles. The maximum absolute atomic E-state index is 11.8. The number of hydrogen-bond donors (Lipinski definition) is 1. The highest BCUT2D eigenvalue weighted by Gasteiger charge is 2.04. The van der Waals surface area contributed by atoms with Gasteiger partial charge in [0.1, 0.15) is 0 Å². The van der Waals surface area contributed by atoms with E-state index in [-0.39, 0.29) is 5.97 Å². The van der Waals surface area contributed by atoms with Crippen LogP contribution in [-0.4, -0.2) is 48.2 Å². The van der Waals surface area contributed by atoms with E-state index in [4.69, 9.17) is 9.84 Å². The second kappa shape index (κ2) is 24.5. The highest BCUT2D eigenvalue weighted by Crippen LogP contribution is 2.10. The number of carboxylic acids is 1. The number of unbranched alkanes of at least 4 members (excludes halogenated alkanes) is 14. The van der Waals surface area contributed by atoms with Gasteiger partial charge < -0.3 is 14.7 Å². The van der Waals surface area contributed by atoms with E-state index in [1.54, 1.807) is 0 Å². The summed E-state index contributed by atoms with van der Waals surface area (Å²) in [7, 11) is 0. The summed E-state index contributed by atoms with van der Waals surface area (Å²) in [5.41, 5.74) is 0. The fourth-order valence-electron chi connectivity index (χ4n) is 4.02. The highest BCUT2D eigenvalue weighted by atomic mass is 16.5. The number of nitrogens with zero attached hydrogens (tertiary/aromatic N) is 1. The minimum absolute atomic E-state index is 0.0175. The van der Waals surface area contributed by atoms with E-state index in [9.17, 15) is 9.59 Å². The molecular weight excluding hydrogens is 402 g/mol. The molecule has 0 aliphatic heterocycles. The Labute approximate surface area is 198 Å². The minimum Gasteiger partial charge on any atom is -0.481 e. The van der Waals surface area contributed by atoms with E-state index in [1.165, 1.54) is 70.6 Å². The minimum atomic E-state index is -0.680. The van der Waals surface area contributed by atoms with Crippen LogP contribution in [0.2, 0.25) is 0 Å². The van der Waals surface area contributed by atoms with Crippen LogP contribution in [0.15, 0.2) is 0 Å². The Morgan fingerprint density at radius 1 is 0.625 bits per heavy atom. The van der Waals surface area contributed by atoms with E-state index in [2.05, 4.69) is 18.7 Å². The number of carbonyl (C=O) groups is 2. The lowest BCUT2D eigenvalue weighted by Crippen LogP contribution is -2.25. The molecule has 0 atom stereocenters. The molecule has 1 N–H and O–H groups in total. The molecule has 0 aliphatic carbocycles. The molecule has 0 saturated heterocycles. The summed E-state index contributed by atoms with van der Waals surface area (Å²) < 4.78 is 5.35. The van der Waals surface area contributed by atoms with Crippen LogP contribution in [0.5, 0.6) is 0 Å². The molecule has 0 aliphatic rings. The second-order valence-electron chi connectivity index (χ2n) is 9.21. The van der Waals surface area contributed by atoms with Crippen molar-refractivity contribution in [1.82, 2.24) is 4.90 Å². The SMILES string of the molecule is CCCCCCCCCOC(=O)CCCCCCCN(CC)CCCCCCCC(=O)O. The zero-order chi connectivity index (χ0) is 23.7. The van der Waals surface area contributed by atoms with E-state index < -0.39 is 5.97 Å². The largest absolute Gasteiger partial charge is 0.481 e. The lowest BCUT2D eigenvalue weighted by Gasteiger charge is -2.20. The van der Waals surface area contributed by atoms with E-state index in [1.807, 2.05) is 0 Å². The Morgan fingerprint density at radius 2 is 1.09 bits per heavy atom. The first-order valence-electron chi connectivity index (χ1n) is 13.7. The number of carboxylic acid groups (broad SMARTS) is 1. The average molecular weight is 456 g/mol. The molecule has 0 amide bonds. The van der Waals surface area contributed by atoms with Gasteiger partial charge in [0, 0.05) is 12.8 Å². The molecule has 0 spiro atoms. The summed E-state index contributed by atoms with van der Waals surface area (Å²) in [5.74, 6) is -0.697. The van der Waals surface area contributed by atoms with Gasteiger partial charge in [-0.2, -0.15) is 0 Å². The number of esters is 1. The summed E-state index contributed by atoms with van der Waals surface area (Å²) in [5, 5.41) is 8.64. The third kappa shape index (κ3) is 23.6. The zero-order valence-electron chi connectivity index (χ0n) is 21.4. The molecule has 0 fully saturated rings. The molecule has 0 unspecified atom stereocenters. The van der Waals surface area contributed by atoms with Gasteiger partial charge in [0.05, 0.1) is 6.61 Å². The van der Waals surface area contributed by atoms with Gasteiger partial charge in [-0.25, -0.2) is 0 Å². The Morgan fingerprint density at radius 3 is 1.62 bits per heavy atom. The predicted molar refractivity (Wildman–Crippen MR) is 134 cm³/mol. The Hall–Kier alpha value is -1.10. The number of carbonyl (C=O) groups excluding carboxylic acids is 1. The van der Waals surface area contributed by atoms with Crippen LogP contribution in [0.25, 0.3) is 0 Å². The van der Waals surface area contributed by atoms with Crippen LogP contribution < -0.4 is 0 Å². The molecule has 0 rings (SSSR count). The molecule has 32 heavy (non-hydrogen) atoms. The zero-order valence-corrected chi connectivity index (χ0v) is 21.4. The van der Waals surface area contributed by atoms with Crippen molar-refractivity contribution in [2.45, 2.75) is 136 Å². The lowest BCUT2D eigenvalue weighted by atomic mass is 10.1. The second-order valence-corrected chi connectivity index (χ2v) is 9.21. The summed E-state index contributed by atoms with van der Waals surface area (Å²) >= 11 is 0. The Bertz CT molecular complexity index is 428. The summed E-state index contributed by atoms with van der Waals surface area (Å²) in [4.78, 5) is 24.8. The smallest absolute Gasteiger partial charge is 0.305 e. The van der Waals surface area contributed by atoms with Gasteiger partial charge in [-0.05, 0) is 51.7 Å². The first kappa shape index (κ1) is 30.9. The van der Waals surface area contributed by atoms with Crippen molar-refractivity contribution >= 4 is 11.9 Å². The molecule has 0 aromatic carbocycles. The quantitative estimate of drug-likeness (QED) is 0.115.